The van der Waals surface area contributed by atoms with Crippen molar-refractivity contribution in [3.63, 3.8) is 0 Å². The summed E-state index contributed by atoms with van der Waals surface area (Å²) in [5, 5.41) is 0.746. The van der Waals surface area contributed by atoms with Crippen LogP contribution in [0.5, 0.6) is 0 Å². The first kappa shape index (κ1) is 19.8. The fourth-order valence-electron chi connectivity index (χ4n) is 3.23. The molecule has 0 bridgehead atoms. The van der Waals surface area contributed by atoms with Crippen molar-refractivity contribution in [1.29, 1.82) is 0 Å². The van der Waals surface area contributed by atoms with E-state index in [1.807, 2.05) is 39.9 Å². The summed E-state index contributed by atoms with van der Waals surface area (Å²) in [5.41, 5.74) is 3.95. The predicted octanol–water partition coefficient (Wildman–Crippen LogP) is 5.61. The minimum Gasteiger partial charge on any atom is -0.337 e. The number of aryl methyl sites for hydroxylation is 3. The van der Waals surface area contributed by atoms with Gasteiger partial charge in [-0.25, -0.2) is 9.97 Å². The third-order valence-corrected chi connectivity index (χ3v) is 6.60. The summed E-state index contributed by atoms with van der Waals surface area (Å²) in [6.07, 6.45) is 6.31. The molecule has 2 heterocycles. The van der Waals surface area contributed by atoms with E-state index in [0.717, 1.165) is 38.3 Å². The van der Waals surface area contributed by atoms with E-state index in [4.69, 9.17) is 4.98 Å². The second kappa shape index (κ2) is 8.47. The summed E-state index contributed by atoms with van der Waals surface area (Å²) in [5.74, 6) is -0.0301. The number of hydrogen-bond donors (Lipinski definition) is 0. The van der Waals surface area contributed by atoms with Crippen LogP contribution >= 0.6 is 27.3 Å². The Morgan fingerprint density at radius 1 is 1.14 bits per heavy atom. The summed E-state index contributed by atoms with van der Waals surface area (Å²) < 4.78 is 4.12. The van der Waals surface area contributed by atoms with E-state index in [-0.39, 0.29) is 5.91 Å². The molecule has 4 rings (SSSR count). The summed E-state index contributed by atoms with van der Waals surface area (Å²) in [7, 11) is 0. The Morgan fingerprint density at radius 2 is 1.90 bits per heavy atom. The van der Waals surface area contributed by atoms with Crippen LogP contribution in [-0.4, -0.2) is 27.0 Å². The number of carbonyl (C=O) groups excluding carboxylic acids is 1. The molecule has 0 atom stereocenters. The monoisotopic (exact) mass is 468 g/mol. The lowest BCUT2D eigenvalue weighted by Crippen LogP contribution is -2.32. The molecule has 0 radical (unpaired) electrons. The average Bonchev–Trinajstić information content (AvgIpc) is 3.39. The molecule has 1 amide bonds. The minimum atomic E-state index is -0.0301. The number of halogens is 1. The van der Waals surface area contributed by atoms with E-state index in [9.17, 15) is 4.79 Å². The minimum absolute atomic E-state index is 0.0301. The Labute approximate surface area is 182 Å². The van der Waals surface area contributed by atoms with Crippen LogP contribution in [0.15, 0.2) is 59.6 Å². The van der Waals surface area contributed by atoms with E-state index in [2.05, 4.69) is 46.9 Å². The second-order valence-corrected chi connectivity index (χ2v) is 8.88. The molecule has 0 aliphatic carbocycles. The molecule has 148 valence electrons. The third-order valence-electron chi connectivity index (χ3n) is 4.86. The molecule has 7 heteroatoms. The van der Waals surface area contributed by atoms with Gasteiger partial charge in [0, 0.05) is 35.5 Å². The standard InChI is InChI=1S/C22H21BrN4OS/c1-15-4-5-16(2)20-19(15)25-22(29-20)27(12-3-11-26-13-10-24-14-26)21(28)17-6-8-18(23)9-7-17/h4-10,13-14H,3,11-12H2,1-2H3. The summed E-state index contributed by atoms with van der Waals surface area (Å²) in [4.78, 5) is 24.1. The Hall–Kier alpha value is -2.51. The highest BCUT2D eigenvalue weighted by atomic mass is 79.9. The summed E-state index contributed by atoms with van der Waals surface area (Å²) in [6, 6.07) is 11.7. The summed E-state index contributed by atoms with van der Waals surface area (Å²) in [6.45, 7) is 5.53. The van der Waals surface area contributed by atoms with E-state index in [1.54, 1.807) is 23.9 Å². The molecular formula is C22H21BrN4OS. The fraction of sp³-hybridized carbons (Fsp3) is 0.227. The fourth-order valence-corrected chi connectivity index (χ4v) is 4.63. The smallest absolute Gasteiger partial charge is 0.260 e. The maximum Gasteiger partial charge on any atom is 0.260 e. The molecule has 2 aromatic heterocycles. The van der Waals surface area contributed by atoms with Crippen molar-refractivity contribution in [2.75, 3.05) is 11.4 Å². The number of aromatic nitrogens is 3. The Balaban J connectivity index is 1.67. The first-order valence-corrected chi connectivity index (χ1v) is 11.0. The number of fused-ring (bicyclic) bond motifs is 1. The lowest BCUT2D eigenvalue weighted by Gasteiger charge is -2.20. The first-order chi connectivity index (χ1) is 14.0. The quantitative estimate of drug-likeness (QED) is 0.369. The van der Waals surface area contributed by atoms with Gasteiger partial charge in [-0.05, 0) is 55.7 Å². The van der Waals surface area contributed by atoms with Gasteiger partial charge in [-0.15, -0.1) is 0 Å². The maximum absolute atomic E-state index is 13.4. The normalized spacial score (nSPS) is 11.1. The van der Waals surface area contributed by atoms with E-state index in [1.165, 1.54) is 5.56 Å². The lowest BCUT2D eigenvalue weighted by atomic mass is 10.1. The van der Waals surface area contributed by atoms with Crippen LogP contribution in [0.25, 0.3) is 10.2 Å². The Bertz CT molecular complexity index is 1100. The number of hydrogen-bond acceptors (Lipinski definition) is 4. The van der Waals surface area contributed by atoms with E-state index in [0.29, 0.717) is 12.1 Å². The zero-order valence-corrected chi connectivity index (χ0v) is 18.7. The van der Waals surface area contributed by atoms with Crippen LogP contribution in [-0.2, 0) is 6.54 Å². The van der Waals surface area contributed by atoms with Crippen LogP contribution in [0, 0.1) is 13.8 Å². The molecule has 5 nitrogen and oxygen atoms in total. The lowest BCUT2D eigenvalue weighted by molar-refractivity contribution is 0.0986. The largest absolute Gasteiger partial charge is 0.337 e. The van der Waals surface area contributed by atoms with Crippen LogP contribution in [0.4, 0.5) is 5.13 Å². The number of nitrogens with zero attached hydrogens (tertiary/aromatic N) is 4. The molecular weight excluding hydrogens is 448 g/mol. The molecule has 0 spiro atoms. The highest BCUT2D eigenvalue weighted by Gasteiger charge is 2.22. The molecule has 29 heavy (non-hydrogen) atoms. The van der Waals surface area contributed by atoms with Gasteiger partial charge in [0.2, 0.25) is 0 Å². The third kappa shape index (κ3) is 4.26. The van der Waals surface area contributed by atoms with Gasteiger partial charge in [-0.2, -0.15) is 0 Å². The van der Waals surface area contributed by atoms with Gasteiger partial charge in [-0.1, -0.05) is 39.4 Å². The number of imidazole rings is 1. The van der Waals surface area contributed by atoms with Gasteiger partial charge in [0.25, 0.3) is 5.91 Å². The van der Waals surface area contributed by atoms with Crippen molar-refractivity contribution in [2.24, 2.45) is 0 Å². The van der Waals surface area contributed by atoms with Crippen molar-refractivity contribution < 1.29 is 4.79 Å². The maximum atomic E-state index is 13.4. The Morgan fingerprint density at radius 3 is 2.59 bits per heavy atom. The average molecular weight is 469 g/mol. The van der Waals surface area contributed by atoms with Crippen molar-refractivity contribution >= 4 is 48.5 Å². The number of carbonyl (C=O) groups is 1. The number of thiazole rings is 1. The predicted molar refractivity (Wildman–Crippen MR) is 122 cm³/mol. The number of anilines is 1. The van der Waals surface area contributed by atoms with Gasteiger partial charge >= 0.3 is 0 Å². The van der Waals surface area contributed by atoms with E-state index >= 15 is 0 Å². The zero-order chi connectivity index (χ0) is 20.4. The van der Waals surface area contributed by atoms with E-state index < -0.39 is 0 Å². The molecule has 0 saturated carbocycles. The number of benzene rings is 2. The number of rotatable bonds is 6. The first-order valence-electron chi connectivity index (χ1n) is 9.43. The van der Waals surface area contributed by atoms with Gasteiger partial charge in [0.05, 0.1) is 16.5 Å². The van der Waals surface area contributed by atoms with Crippen molar-refractivity contribution in [2.45, 2.75) is 26.8 Å². The van der Waals surface area contributed by atoms with Gasteiger partial charge in [0.15, 0.2) is 5.13 Å². The van der Waals surface area contributed by atoms with Crippen LogP contribution in [0.1, 0.15) is 27.9 Å². The zero-order valence-electron chi connectivity index (χ0n) is 16.3. The van der Waals surface area contributed by atoms with Crippen molar-refractivity contribution in [3.05, 3.63) is 76.3 Å². The highest BCUT2D eigenvalue weighted by molar-refractivity contribution is 9.10. The van der Waals surface area contributed by atoms with Gasteiger partial charge in [0.1, 0.15) is 0 Å². The topological polar surface area (TPSA) is 51.0 Å². The molecule has 0 saturated heterocycles. The van der Waals surface area contributed by atoms with Crippen LogP contribution in [0.3, 0.4) is 0 Å². The SMILES string of the molecule is Cc1ccc(C)c2sc(N(CCCn3ccnc3)C(=O)c3ccc(Br)cc3)nc12. The Kier molecular flexibility index (Phi) is 5.78. The number of amides is 1. The van der Waals surface area contributed by atoms with Crippen LogP contribution in [0.2, 0.25) is 0 Å². The van der Waals surface area contributed by atoms with Crippen molar-refractivity contribution in [3.8, 4) is 0 Å². The summed E-state index contributed by atoms with van der Waals surface area (Å²) >= 11 is 5.02. The molecule has 4 aromatic rings. The molecule has 0 aliphatic rings. The van der Waals surface area contributed by atoms with Crippen molar-refractivity contribution in [1.82, 2.24) is 14.5 Å². The molecule has 0 unspecified atom stereocenters. The van der Waals surface area contributed by atoms with Gasteiger partial charge in [-0.3, -0.25) is 9.69 Å². The molecule has 0 fully saturated rings. The molecule has 0 N–H and O–H groups in total. The second-order valence-electron chi connectivity index (χ2n) is 6.99. The molecule has 2 aromatic carbocycles. The van der Waals surface area contributed by atoms with Gasteiger partial charge < -0.3 is 4.57 Å². The highest BCUT2D eigenvalue weighted by Crippen LogP contribution is 2.34. The van der Waals surface area contributed by atoms with Crippen LogP contribution < -0.4 is 4.90 Å². The molecule has 0 aliphatic heterocycles.